The monoisotopic (exact) mass is 1420 g/mol. The average Bonchev–Trinajstić information content (AvgIpc) is 0.740. The number of hydrogen-bond donors (Lipinski definition) is 0. The van der Waals surface area contributed by atoms with Crippen LogP contribution in [0.2, 0.25) is 0 Å². The molecule has 0 N–H and O–H groups in total. The summed E-state index contributed by atoms with van der Waals surface area (Å²) in [5.41, 5.74) is 22.8. The molecule has 0 bridgehead atoms. The van der Waals surface area contributed by atoms with E-state index in [1.165, 1.54) is 208 Å². The van der Waals surface area contributed by atoms with Gasteiger partial charge in [0, 0.05) is 0 Å². The van der Waals surface area contributed by atoms with Gasteiger partial charge in [0.2, 0.25) is 0 Å². The van der Waals surface area contributed by atoms with Crippen molar-refractivity contribution in [2.75, 3.05) is 0 Å². The summed E-state index contributed by atoms with van der Waals surface area (Å²) in [4.78, 5) is 0. The minimum Gasteiger partial charge on any atom is -0.0622 e. The zero-order valence-electron chi connectivity index (χ0n) is 61.7. The zero-order chi connectivity index (χ0) is 74.3. The van der Waals surface area contributed by atoms with Crippen LogP contribution in [-0.4, -0.2) is 0 Å². The summed E-state index contributed by atoms with van der Waals surface area (Å²) < 4.78 is 0. The molecule has 0 saturated heterocycles. The first-order chi connectivity index (χ1) is 55.6. The molecule has 22 rings (SSSR count). The Balaban J connectivity index is 0.000000110. The highest BCUT2D eigenvalue weighted by Gasteiger charge is 2.22. The molecule has 0 radical (unpaired) electrons. The van der Waals surface area contributed by atoms with Crippen LogP contribution in [-0.2, 0) is 0 Å². The Morgan fingerprint density at radius 2 is 0.295 bits per heavy atom. The molecule has 22 aromatic carbocycles. The third-order valence-electron chi connectivity index (χ3n) is 22.8. The Morgan fingerprint density at radius 1 is 0.0893 bits per heavy atom. The van der Waals surface area contributed by atoms with Gasteiger partial charge < -0.3 is 0 Å². The molecule has 0 nitrogen and oxygen atoms in total. The van der Waals surface area contributed by atoms with Crippen LogP contribution in [0.5, 0.6) is 0 Å². The lowest BCUT2D eigenvalue weighted by atomic mass is 9.84. The van der Waals surface area contributed by atoms with E-state index in [1.807, 2.05) is 0 Å². The zero-order valence-corrected chi connectivity index (χ0v) is 61.7. The summed E-state index contributed by atoms with van der Waals surface area (Å²) in [6, 6.07) is 163. The van der Waals surface area contributed by atoms with E-state index in [2.05, 4.69) is 449 Å². The molecule has 22 aromatic rings. The van der Waals surface area contributed by atoms with Crippen LogP contribution in [0.25, 0.3) is 208 Å². The van der Waals surface area contributed by atoms with Gasteiger partial charge in [0.25, 0.3) is 0 Å². The maximum Gasteiger partial charge on any atom is -0.00201 e. The van der Waals surface area contributed by atoms with Crippen molar-refractivity contribution >= 4 is 108 Å². The van der Waals surface area contributed by atoms with Gasteiger partial charge in [0.05, 0.1) is 0 Å². The molecule has 0 saturated carbocycles. The van der Waals surface area contributed by atoms with Crippen LogP contribution in [0, 0.1) is 0 Å². The highest BCUT2D eigenvalue weighted by Crippen LogP contribution is 2.50. The molecule has 0 aliphatic rings. The minimum atomic E-state index is 1.23. The highest BCUT2D eigenvalue weighted by molar-refractivity contribution is 6.27. The van der Waals surface area contributed by atoms with Gasteiger partial charge >= 0.3 is 0 Å². The molecule has 0 heteroatoms. The maximum absolute atomic E-state index is 2.33. The number of hydrogen-bond acceptors (Lipinski definition) is 0. The lowest BCUT2D eigenvalue weighted by molar-refractivity contribution is 1.61. The van der Waals surface area contributed by atoms with Gasteiger partial charge in [-0.1, -0.05) is 437 Å². The van der Waals surface area contributed by atoms with E-state index in [4.69, 9.17) is 0 Å². The second-order valence-electron chi connectivity index (χ2n) is 29.1. The van der Waals surface area contributed by atoms with Crippen molar-refractivity contribution in [2.45, 2.75) is 0 Å². The van der Waals surface area contributed by atoms with Crippen LogP contribution in [0.3, 0.4) is 0 Å². The van der Waals surface area contributed by atoms with Crippen molar-refractivity contribution < 1.29 is 0 Å². The summed E-state index contributed by atoms with van der Waals surface area (Å²) in [6.45, 7) is 0. The Labute approximate surface area is 652 Å². The first-order valence-electron chi connectivity index (χ1n) is 38.8. The summed E-state index contributed by atoms with van der Waals surface area (Å²) >= 11 is 0. The summed E-state index contributed by atoms with van der Waals surface area (Å²) in [7, 11) is 0. The predicted molar refractivity (Wildman–Crippen MR) is 483 cm³/mol. The van der Waals surface area contributed by atoms with Crippen molar-refractivity contribution in [1.29, 1.82) is 0 Å². The molecule has 0 heterocycles. The standard InChI is InChI=1S/C40H26.2C36H24/c1-2-12-31-26-32(25-22-27(31)10-1)28-20-23-30(24-21-28)39-35-15-5-7-17-37(35)40(38-18-8-6-16-36(38)39)34-19-9-13-29-11-3-4-14-33(29)34;1-2-12-25(13-3-1)27-16-10-17-28(24-27)35-31-19-6-8-21-33(31)36(34-22-9-7-20-32(34)35)30-23-11-15-26-14-4-5-18-29(26)30;1-2-11-25(12-3-1)26-21-23-28(24-22-26)35-31-16-6-8-18-33(31)36(34-19-9-7-17-32(34)35)30-20-10-14-27-13-4-5-15-29(27)30/h1-26H;2*1-24H. The van der Waals surface area contributed by atoms with Crippen molar-refractivity contribution in [1.82, 2.24) is 0 Å². The fraction of sp³-hybridized carbons (Fsp3) is 0. The van der Waals surface area contributed by atoms with Crippen molar-refractivity contribution in [3.63, 3.8) is 0 Å². The fourth-order valence-corrected chi connectivity index (χ4v) is 17.7. The Hall–Kier alpha value is -14.6. The van der Waals surface area contributed by atoms with E-state index in [9.17, 15) is 0 Å². The van der Waals surface area contributed by atoms with E-state index in [-0.39, 0.29) is 0 Å². The molecule has 0 unspecified atom stereocenters. The van der Waals surface area contributed by atoms with Crippen LogP contribution in [0.4, 0.5) is 0 Å². The van der Waals surface area contributed by atoms with Gasteiger partial charge in [-0.2, -0.15) is 0 Å². The molecular formula is C112H74. The first kappa shape index (κ1) is 66.8. The van der Waals surface area contributed by atoms with E-state index in [0.29, 0.717) is 0 Å². The lowest BCUT2D eigenvalue weighted by Crippen LogP contribution is -1.91. The molecule has 0 aromatic heterocycles. The maximum atomic E-state index is 2.33. The minimum absolute atomic E-state index is 1.23. The Morgan fingerprint density at radius 3 is 0.652 bits per heavy atom. The highest BCUT2D eigenvalue weighted by atomic mass is 14.3. The van der Waals surface area contributed by atoms with E-state index >= 15 is 0 Å². The quantitative estimate of drug-likeness (QED) is 0.126. The second kappa shape index (κ2) is 29.2. The van der Waals surface area contributed by atoms with E-state index in [0.717, 1.165) is 0 Å². The Kier molecular flexibility index (Phi) is 17.4. The average molecular weight is 1420 g/mol. The van der Waals surface area contributed by atoms with Gasteiger partial charge in [-0.05, 0) is 220 Å². The summed E-state index contributed by atoms with van der Waals surface area (Å²) in [5, 5.41) is 25.6. The van der Waals surface area contributed by atoms with E-state index < -0.39 is 0 Å². The van der Waals surface area contributed by atoms with Crippen LogP contribution in [0.15, 0.2) is 449 Å². The Bertz CT molecular complexity index is 7150. The lowest BCUT2D eigenvalue weighted by Gasteiger charge is -2.19. The van der Waals surface area contributed by atoms with Gasteiger partial charge in [-0.15, -0.1) is 0 Å². The van der Waals surface area contributed by atoms with E-state index in [1.54, 1.807) is 0 Å². The molecule has 0 fully saturated rings. The smallest absolute Gasteiger partial charge is 0.00201 e. The molecule has 0 aliphatic heterocycles. The van der Waals surface area contributed by atoms with Crippen molar-refractivity contribution in [3.05, 3.63) is 449 Å². The molecule has 0 aliphatic carbocycles. The van der Waals surface area contributed by atoms with Crippen molar-refractivity contribution in [2.24, 2.45) is 0 Å². The van der Waals surface area contributed by atoms with Crippen LogP contribution in [0.1, 0.15) is 0 Å². The summed E-state index contributed by atoms with van der Waals surface area (Å²) in [5.74, 6) is 0. The van der Waals surface area contributed by atoms with Crippen molar-refractivity contribution in [3.8, 4) is 100 Å². The molecular weight excluding hydrogens is 1350 g/mol. The number of fused-ring (bicyclic) bond motifs is 10. The van der Waals surface area contributed by atoms with Gasteiger partial charge in [0.15, 0.2) is 0 Å². The topological polar surface area (TPSA) is 0 Å². The molecule has 522 valence electrons. The first-order valence-corrected chi connectivity index (χ1v) is 38.8. The van der Waals surface area contributed by atoms with Crippen LogP contribution >= 0.6 is 0 Å². The summed E-state index contributed by atoms with van der Waals surface area (Å²) in [6.07, 6.45) is 0. The van der Waals surface area contributed by atoms with Gasteiger partial charge in [0.1, 0.15) is 0 Å². The van der Waals surface area contributed by atoms with Gasteiger partial charge in [-0.25, -0.2) is 0 Å². The molecule has 112 heavy (non-hydrogen) atoms. The molecule has 0 spiro atoms. The van der Waals surface area contributed by atoms with Gasteiger partial charge in [-0.3, -0.25) is 0 Å². The second-order valence-corrected chi connectivity index (χ2v) is 29.1. The molecule has 0 amide bonds. The molecule has 0 atom stereocenters. The van der Waals surface area contributed by atoms with Crippen LogP contribution < -0.4 is 0 Å². The largest absolute Gasteiger partial charge is 0.0622 e. The predicted octanol–water partition coefficient (Wildman–Crippen LogP) is 31.6. The number of benzene rings is 22. The number of rotatable bonds is 9. The normalized spacial score (nSPS) is 11.4. The SMILES string of the molecule is c1ccc(-c2ccc(-c3c4ccccc4c(-c4cccc5ccccc45)c4ccccc34)cc2)cc1.c1ccc(-c2cccc(-c3c4ccccc4c(-c4cccc5ccccc45)c4ccccc34)c2)cc1.c1ccc2cc(-c3ccc(-c4c5ccccc5c(-c5cccc6ccccc56)c5ccccc45)cc3)ccc2c1. The third kappa shape index (κ3) is 12.2. The fourth-order valence-electron chi connectivity index (χ4n) is 17.7. The third-order valence-corrected chi connectivity index (χ3v) is 22.8.